The molecule has 0 amide bonds. The van der Waals surface area contributed by atoms with Crippen LogP contribution in [0, 0.1) is 11.3 Å². The van der Waals surface area contributed by atoms with Gasteiger partial charge >= 0.3 is 5.97 Å². The minimum Gasteiger partial charge on any atom is -0.462 e. The monoisotopic (exact) mass is 257 g/mol. The average molecular weight is 258 g/mol. The Morgan fingerprint density at radius 2 is 2.25 bits per heavy atom. The molecule has 0 radical (unpaired) electrons. The van der Waals surface area contributed by atoms with Crippen LogP contribution < -0.4 is 0 Å². The van der Waals surface area contributed by atoms with Crippen molar-refractivity contribution in [1.82, 2.24) is 0 Å². The summed E-state index contributed by atoms with van der Waals surface area (Å²) in [6.45, 7) is 1.91. The molecule has 0 aliphatic heterocycles. The van der Waals surface area contributed by atoms with Gasteiger partial charge in [-0.05, 0) is 18.6 Å². The molecule has 0 heterocycles. The highest BCUT2D eigenvalue weighted by Crippen LogP contribution is 2.25. The summed E-state index contributed by atoms with van der Waals surface area (Å²) in [6.07, 6.45) is 0. The summed E-state index contributed by atoms with van der Waals surface area (Å²) in [4.78, 5) is 11.6. The maximum atomic E-state index is 11.6. The van der Waals surface area contributed by atoms with Crippen molar-refractivity contribution in [3.05, 3.63) is 33.8 Å². The molecule has 5 heteroatoms. The topological polar surface area (TPSA) is 50.1 Å². The Bertz CT molecular complexity index is 452. The van der Waals surface area contributed by atoms with Crippen LogP contribution in [-0.4, -0.2) is 12.6 Å². The predicted molar refractivity (Wildman–Crippen MR) is 61.7 cm³/mol. The number of hydrogen-bond donors (Lipinski definition) is 0. The fourth-order valence-corrected chi connectivity index (χ4v) is 1.72. The molecule has 0 aromatic heterocycles. The first-order valence-corrected chi connectivity index (χ1v) is 5.51. The van der Waals surface area contributed by atoms with Crippen molar-refractivity contribution in [2.45, 2.75) is 12.8 Å². The number of alkyl halides is 1. The van der Waals surface area contributed by atoms with E-state index in [0.717, 1.165) is 0 Å². The van der Waals surface area contributed by atoms with Crippen molar-refractivity contribution in [1.29, 1.82) is 5.26 Å². The van der Waals surface area contributed by atoms with Crippen LogP contribution in [0.2, 0.25) is 5.02 Å². The molecule has 0 aliphatic rings. The standard InChI is InChI=1S/C11H9Cl2NO2/c1-2-16-11(15)10-8(6-14)7(5-12)3-4-9(10)13/h3-4H,2,5H2,1H3. The number of halogens is 2. The van der Waals surface area contributed by atoms with Gasteiger partial charge < -0.3 is 4.74 Å². The third-order valence-corrected chi connectivity index (χ3v) is 2.58. The SMILES string of the molecule is CCOC(=O)c1c(Cl)ccc(CCl)c1C#N. The molecule has 0 spiro atoms. The predicted octanol–water partition coefficient (Wildman–Crippen LogP) is 3.13. The number of ether oxygens (including phenoxy) is 1. The number of benzene rings is 1. The molecule has 0 unspecified atom stereocenters. The number of nitriles is 1. The molecule has 0 aliphatic carbocycles. The van der Waals surface area contributed by atoms with Crippen molar-refractivity contribution in [2.75, 3.05) is 6.61 Å². The van der Waals surface area contributed by atoms with Crippen molar-refractivity contribution in [3.63, 3.8) is 0 Å². The average Bonchev–Trinajstić information content (AvgIpc) is 2.28. The van der Waals surface area contributed by atoms with Gasteiger partial charge in [-0.2, -0.15) is 5.26 Å². The minimum atomic E-state index is -0.601. The maximum Gasteiger partial charge on any atom is 0.341 e. The first kappa shape index (κ1) is 12.8. The molecule has 0 saturated carbocycles. The van der Waals surface area contributed by atoms with Gasteiger partial charge in [0.1, 0.15) is 6.07 Å². The highest BCUT2D eigenvalue weighted by atomic mass is 35.5. The van der Waals surface area contributed by atoms with Crippen LogP contribution in [-0.2, 0) is 10.6 Å². The Labute approximate surface area is 104 Å². The quantitative estimate of drug-likeness (QED) is 0.618. The maximum absolute atomic E-state index is 11.6. The van der Waals surface area contributed by atoms with E-state index in [-0.39, 0.29) is 28.6 Å². The van der Waals surface area contributed by atoms with E-state index in [2.05, 4.69) is 0 Å². The Hall–Kier alpha value is -1.24. The van der Waals surface area contributed by atoms with E-state index in [4.69, 9.17) is 33.2 Å². The lowest BCUT2D eigenvalue weighted by Crippen LogP contribution is -2.09. The van der Waals surface area contributed by atoms with E-state index in [1.807, 2.05) is 6.07 Å². The molecular formula is C11H9Cl2NO2. The zero-order chi connectivity index (χ0) is 12.1. The Kier molecular flexibility index (Phi) is 4.60. The summed E-state index contributed by atoms with van der Waals surface area (Å²) in [5, 5.41) is 9.19. The third-order valence-electron chi connectivity index (χ3n) is 1.98. The smallest absolute Gasteiger partial charge is 0.341 e. The lowest BCUT2D eigenvalue weighted by Gasteiger charge is -2.08. The minimum absolute atomic E-state index is 0.0872. The molecule has 16 heavy (non-hydrogen) atoms. The van der Waals surface area contributed by atoms with Crippen LogP contribution in [0.5, 0.6) is 0 Å². The summed E-state index contributed by atoms with van der Waals surface area (Å²) in [5.41, 5.74) is 0.835. The molecule has 0 fully saturated rings. The number of nitrogens with zero attached hydrogens (tertiary/aromatic N) is 1. The molecule has 0 N–H and O–H groups in total. The van der Waals surface area contributed by atoms with Crippen molar-refractivity contribution in [2.24, 2.45) is 0 Å². The Morgan fingerprint density at radius 1 is 1.56 bits per heavy atom. The highest BCUT2D eigenvalue weighted by Gasteiger charge is 2.19. The van der Waals surface area contributed by atoms with E-state index < -0.39 is 5.97 Å². The van der Waals surface area contributed by atoms with E-state index in [1.165, 1.54) is 6.07 Å². The van der Waals surface area contributed by atoms with Gasteiger partial charge in [0, 0.05) is 5.88 Å². The molecule has 0 atom stereocenters. The lowest BCUT2D eigenvalue weighted by molar-refractivity contribution is 0.0526. The summed E-state index contributed by atoms with van der Waals surface area (Å²) in [7, 11) is 0. The molecule has 1 aromatic carbocycles. The summed E-state index contributed by atoms with van der Waals surface area (Å²) in [5.74, 6) is -0.456. The van der Waals surface area contributed by atoms with Crippen molar-refractivity contribution >= 4 is 29.2 Å². The number of hydrogen-bond acceptors (Lipinski definition) is 3. The Morgan fingerprint density at radius 3 is 2.75 bits per heavy atom. The summed E-state index contributed by atoms with van der Waals surface area (Å²) < 4.78 is 4.83. The second-order valence-corrected chi connectivity index (χ2v) is 3.60. The largest absolute Gasteiger partial charge is 0.462 e. The fraction of sp³-hybridized carbons (Fsp3) is 0.273. The van der Waals surface area contributed by atoms with E-state index in [1.54, 1.807) is 13.0 Å². The molecule has 1 rings (SSSR count). The lowest BCUT2D eigenvalue weighted by atomic mass is 10.0. The van der Waals surface area contributed by atoms with Crippen LogP contribution in [0.4, 0.5) is 0 Å². The number of esters is 1. The first-order valence-electron chi connectivity index (χ1n) is 4.60. The fourth-order valence-electron chi connectivity index (χ4n) is 1.26. The number of rotatable bonds is 3. The van der Waals surface area contributed by atoms with Gasteiger partial charge in [0.25, 0.3) is 0 Å². The van der Waals surface area contributed by atoms with Gasteiger partial charge in [0.05, 0.1) is 22.8 Å². The van der Waals surface area contributed by atoms with Crippen LogP contribution in [0.25, 0.3) is 0 Å². The van der Waals surface area contributed by atoms with Gasteiger partial charge in [-0.3, -0.25) is 0 Å². The van der Waals surface area contributed by atoms with Gasteiger partial charge in [0.15, 0.2) is 0 Å². The van der Waals surface area contributed by atoms with Crippen LogP contribution in [0.3, 0.4) is 0 Å². The van der Waals surface area contributed by atoms with Crippen LogP contribution >= 0.6 is 23.2 Å². The first-order chi connectivity index (χ1) is 7.65. The van der Waals surface area contributed by atoms with Crippen molar-refractivity contribution < 1.29 is 9.53 Å². The van der Waals surface area contributed by atoms with Crippen LogP contribution in [0.15, 0.2) is 12.1 Å². The van der Waals surface area contributed by atoms with Gasteiger partial charge in [-0.1, -0.05) is 17.7 Å². The van der Waals surface area contributed by atoms with E-state index in [9.17, 15) is 4.79 Å². The molecular weight excluding hydrogens is 249 g/mol. The van der Waals surface area contributed by atoms with E-state index >= 15 is 0 Å². The van der Waals surface area contributed by atoms with Crippen molar-refractivity contribution in [3.8, 4) is 6.07 Å². The number of carbonyl (C=O) groups is 1. The summed E-state index contributed by atoms with van der Waals surface area (Å²) in [6, 6.07) is 5.08. The van der Waals surface area contributed by atoms with Crippen LogP contribution in [0.1, 0.15) is 28.4 Å². The summed E-state index contributed by atoms with van der Waals surface area (Å²) >= 11 is 11.5. The van der Waals surface area contributed by atoms with Gasteiger partial charge in [0.2, 0.25) is 0 Å². The number of carbonyl (C=O) groups excluding carboxylic acids is 1. The van der Waals surface area contributed by atoms with E-state index in [0.29, 0.717) is 5.56 Å². The zero-order valence-electron chi connectivity index (χ0n) is 8.59. The molecule has 3 nitrogen and oxygen atoms in total. The zero-order valence-corrected chi connectivity index (χ0v) is 10.1. The molecule has 0 bridgehead atoms. The van der Waals surface area contributed by atoms with Gasteiger partial charge in [-0.15, -0.1) is 11.6 Å². The second kappa shape index (κ2) is 5.74. The molecule has 0 saturated heterocycles. The molecule has 1 aromatic rings. The second-order valence-electron chi connectivity index (χ2n) is 2.92. The molecule has 84 valence electrons. The third kappa shape index (κ3) is 2.46. The van der Waals surface area contributed by atoms with Gasteiger partial charge in [-0.25, -0.2) is 4.79 Å². The normalized spacial score (nSPS) is 9.62. The Balaban J connectivity index is 3.35. The highest BCUT2D eigenvalue weighted by molar-refractivity contribution is 6.34.